The molecule has 1 saturated carbocycles. The third-order valence-corrected chi connectivity index (χ3v) is 8.46. The molecule has 0 radical (unpaired) electrons. The van der Waals surface area contributed by atoms with Gasteiger partial charge < -0.3 is 4.90 Å². The number of hydrogen-bond donors (Lipinski definition) is 0. The lowest BCUT2D eigenvalue weighted by Crippen LogP contribution is -2.31. The predicted octanol–water partition coefficient (Wildman–Crippen LogP) is 6.77. The van der Waals surface area contributed by atoms with Gasteiger partial charge in [-0.15, -0.1) is 0 Å². The summed E-state index contributed by atoms with van der Waals surface area (Å²) < 4.78 is 2.57. The van der Waals surface area contributed by atoms with E-state index < -0.39 is 0 Å². The van der Waals surface area contributed by atoms with Crippen LogP contribution in [0.5, 0.6) is 0 Å². The number of allylic oxidation sites excluding steroid dienone is 1. The van der Waals surface area contributed by atoms with Gasteiger partial charge in [0.05, 0.1) is 5.41 Å². The minimum Gasteiger partial charge on any atom is -0.372 e. The number of fused-ring (bicyclic) bond motifs is 1. The number of nitrogens with zero attached hydrogens (tertiary/aromatic N) is 2. The maximum Gasteiger partial charge on any atom is 0.209 e. The van der Waals surface area contributed by atoms with Crippen LogP contribution in [0.2, 0.25) is 0 Å². The molecule has 0 atom stereocenters. The van der Waals surface area contributed by atoms with Gasteiger partial charge >= 0.3 is 0 Å². The van der Waals surface area contributed by atoms with E-state index in [2.05, 4.69) is 84.0 Å². The van der Waals surface area contributed by atoms with E-state index in [9.17, 15) is 4.79 Å². The summed E-state index contributed by atoms with van der Waals surface area (Å²) in [5.74, 6) is 1.29. The maximum absolute atomic E-state index is 11.8. The summed E-state index contributed by atoms with van der Waals surface area (Å²) in [6.07, 6.45) is 11.7. The third-order valence-electron chi connectivity index (χ3n) is 8.46. The largest absolute Gasteiger partial charge is 0.372 e. The maximum atomic E-state index is 11.8. The number of carbonyl (C=O) groups is 1. The highest BCUT2D eigenvalue weighted by Crippen LogP contribution is 2.41. The molecule has 0 spiro atoms. The lowest BCUT2D eigenvalue weighted by molar-refractivity contribution is -0.447. The molecule has 3 aliphatic rings. The van der Waals surface area contributed by atoms with Crippen LogP contribution in [0, 0.1) is 11.8 Å². The van der Waals surface area contributed by atoms with E-state index in [4.69, 9.17) is 0 Å². The number of para-hydroxylation sites is 1. The summed E-state index contributed by atoms with van der Waals surface area (Å²) in [7, 11) is 0. The normalized spacial score (nSPS) is 24.1. The Labute approximate surface area is 205 Å². The van der Waals surface area contributed by atoms with E-state index in [0.717, 1.165) is 32.2 Å². The SMILES string of the molecule is CC(=O)C1CCC(C[N+]2=C(/C=C/c3ccc(N4CCCC4)cc3)C(C)(C)c3ccccc32)CC1. The van der Waals surface area contributed by atoms with E-state index in [-0.39, 0.29) is 11.3 Å². The standard InChI is InChI=1S/C31H39N2O/c1-23(34)26-15-10-25(11-16-26)22-33-29-9-5-4-8-28(29)31(2,3)30(33)19-14-24-12-17-27(18-13-24)32-20-6-7-21-32/h4-5,8-9,12-14,17-19,25-26H,6-7,10-11,15-16,20-22H2,1-3H3/q+1. The van der Waals surface area contributed by atoms with Gasteiger partial charge in [0.25, 0.3) is 0 Å². The van der Waals surface area contributed by atoms with Crippen LogP contribution in [0.1, 0.15) is 70.4 Å². The Morgan fingerprint density at radius 3 is 2.32 bits per heavy atom. The zero-order chi connectivity index (χ0) is 23.7. The van der Waals surface area contributed by atoms with Crippen LogP contribution in [0.3, 0.4) is 0 Å². The van der Waals surface area contributed by atoms with Crippen molar-refractivity contribution in [3.05, 3.63) is 65.7 Å². The molecule has 3 nitrogen and oxygen atoms in total. The van der Waals surface area contributed by atoms with Gasteiger partial charge in [0.2, 0.25) is 5.69 Å². The van der Waals surface area contributed by atoms with Crippen molar-refractivity contribution >= 4 is 28.9 Å². The molecule has 1 aliphatic carbocycles. The molecule has 2 aromatic carbocycles. The smallest absolute Gasteiger partial charge is 0.209 e. The Kier molecular flexibility index (Phi) is 6.46. The fourth-order valence-electron chi connectivity index (χ4n) is 6.29. The van der Waals surface area contributed by atoms with Gasteiger partial charge in [-0.05, 0) is 83.1 Å². The number of Topliss-reactive ketones (excluding diaryl/α,β-unsaturated/α-hetero) is 1. The summed E-state index contributed by atoms with van der Waals surface area (Å²) in [5.41, 5.74) is 6.72. The first-order valence-corrected chi connectivity index (χ1v) is 13.2. The zero-order valence-electron chi connectivity index (χ0n) is 21.1. The van der Waals surface area contributed by atoms with Crippen LogP contribution in [0.25, 0.3) is 6.08 Å². The Morgan fingerprint density at radius 2 is 1.65 bits per heavy atom. The van der Waals surface area contributed by atoms with Crippen LogP contribution < -0.4 is 4.90 Å². The van der Waals surface area contributed by atoms with Crippen molar-refractivity contribution in [1.82, 2.24) is 0 Å². The van der Waals surface area contributed by atoms with Gasteiger partial charge in [-0.25, -0.2) is 0 Å². The summed E-state index contributed by atoms with van der Waals surface area (Å²) >= 11 is 0. The van der Waals surface area contributed by atoms with Crippen LogP contribution in [0.15, 0.2) is 54.6 Å². The van der Waals surface area contributed by atoms with Gasteiger partial charge in [-0.3, -0.25) is 4.79 Å². The Hall–Kier alpha value is -2.68. The highest BCUT2D eigenvalue weighted by molar-refractivity contribution is 6.05. The van der Waals surface area contributed by atoms with Crippen molar-refractivity contribution in [3.8, 4) is 0 Å². The van der Waals surface area contributed by atoms with E-state index in [0.29, 0.717) is 11.7 Å². The van der Waals surface area contributed by atoms with Crippen LogP contribution in [-0.2, 0) is 10.2 Å². The van der Waals surface area contributed by atoms with E-state index in [1.165, 1.54) is 54.1 Å². The van der Waals surface area contributed by atoms with Gasteiger partial charge in [0.15, 0.2) is 12.3 Å². The first-order chi connectivity index (χ1) is 16.4. The summed E-state index contributed by atoms with van der Waals surface area (Å²) in [6.45, 7) is 9.88. The van der Waals surface area contributed by atoms with Gasteiger partial charge in [0.1, 0.15) is 5.78 Å². The Balaban J connectivity index is 1.40. The van der Waals surface area contributed by atoms with Crippen molar-refractivity contribution in [2.24, 2.45) is 11.8 Å². The van der Waals surface area contributed by atoms with Crippen molar-refractivity contribution in [2.75, 3.05) is 24.5 Å². The molecule has 0 bridgehead atoms. The molecule has 2 aliphatic heterocycles. The van der Waals surface area contributed by atoms with Crippen molar-refractivity contribution in [3.63, 3.8) is 0 Å². The Morgan fingerprint density at radius 1 is 0.971 bits per heavy atom. The molecular formula is C31H39N2O+. The quantitative estimate of drug-likeness (QED) is 0.449. The van der Waals surface area contributed by atoms with E-state index in [1.54, 1.807) is 6.92 Å². The van der Waals surface area contributed by atoms with Crippen LogP contribution in [0.4, 0.5) is 11.4 Å². The lowest BCUT2D eigenvalue weighted by Gasteiger charge is -2.25. The zero-order valence-corrected chi connectivity index (χ0v) is 21.1. The molecule has 5 rings (SSSR count). The second-order valence-corrected chi connectivity index (χ2v) is 11.1. The van der Waals surface area contributed by atoms with Gasteiger partial charge in [0, 0.05) is 48.3 Å². The number of anilines is 1. The molecule has 178 valence electrons. The van der Waals surface area contributed by atoms with Crippen molar-refractivity contribution in [1.29, 1.82) is 0 Å². The molecule has 0 unspecified atom stereocenters. The molecule has 0 amide bonds. The minimum absolute atomic E-state index is 0.0286. The molecule has 2 heterocycles. The number of benzene rings is 2. The average Bonchev–Trinajstić information content (AvgIpc) is 3.45. The third kappa shape index (κ3) is 4.50. The Bertz CT molecular complexity index is 1090. The summed E-state index contributed by atoms with van der Waals surface area (Å²) in [5, 5.41) is 0. The van der Waals surface area contributed by atoms with Crippen molar-refractivity contribution in [2.45, 2.75) is 64.7 Å². The number of hydrogen-bond acceptors (Lipinski definition) is 2. The lowest BCUT2D eigenvalue weighted by atomic mass is 9.80. The van der Waals surface area contributed by atoms with Gasteiger partial charge in [-0.2, -0.15) is 4.58 Å². The summed E-state index contributed by atoms with van der Waals surface area (Å²) in [6, 6.07) is 18.0. The topological polar surface area (TPSA) is 23.3 Å². The van der Waals surface area contributed by atoms with Gasteiger partial charge in [-0.1, -0.05) is 30.3 Å². The predicted molar refractivity (Wildman–Crippen MR) is 142 cm³/mol. The first kappa shape index (κ1) is 23.1. The molecule has 34 heavy (non-hydrogen) atoms. The van der Waals surface area contributed by atoms with Crippen LogP contribution in [-0.4, -0.2) is 35.7 Å². The molecule has 2 fully saturated rings. The molecule has 1 saturated heterocycles. The summed E-state index contributed by atoms with van der Waals surface area (Å²) in [4.78, 5) is 14.3. The second kappa shape index (κ2) is 9.52. The molecule has 0 aromatic heterocycles. The monoisotopic (exact) mass is 455 g/mol. The second-order valence-electron chi connectivity index (χ2n) is 11.1. The van der Waals surface area contributed by atoms with E-state index in [1.807, 2.05) is 0 Å². The first-order valence-electron chi connectivity index (χ1n) is 13.2. The fourth-order valence-corrected chi connectivity index (χ4v) is 6.29. The number of ketones is 1. The average molecular weight is 456 g/mol. The minimum atomic E-state index is -0.0286. The number of carbonyl (C=O) groups excluding carboxylic acids is 1. The molecule has 3 heteroatoms. The van der Waals surface area contributed by atoms with Crippen molar-refractivity contribution < 1.29 is 9.37 Å². The molecule has 2 aromatic rings. The molecular weight excluding hydrogens is 416 g/mol. The highest BCUT2D eigenvalue weighted by Gasteiger charge is 2.44. The highest BCUT2D eigenvalue weighted by atomic mass is 16.1. The fraction of sp³-hybridized carbons (Fsp3) is 0.484. The molecule has 0 N–H and O–H groups in total. The van der Waals surface area contributed by atoms with E-state index >= 15 is 0 Å². The number of rotatable bonds is 6. The van der Waals surface area contributed by atoms with Crippen LogP contribution >= 0.6 is 0 Å².